The monoisotopic (exact) mass is 426 g/mol. The molecule has 1 unspecified atom stereocenters. The topological polar surface area (TPSA) is 32.3 Å². The van der Waals surface area contributed by atoms with E-state index in [9.17, 15) is 26.7 Å². The molecule has 0 aromatic heterocycles. The molecule has 1 atom stereocenters. The van der Waals surface area contributed by atoms with Crippen molar-refractivity contribution in [2.24, 2.45) is 5.92 Å². The number of rotatable bonds is 7. The van der Waals surface area contributed by atoms with E-state index in [-0.39, 0.29) is 36.9 Å². The van der Waals surface area contributed by atoms with E-state index < -0.39 is 29.1 Å². The largest absolute Gasteiger partial charge is 0.352 e. The molecule has 1 saturated heterocycles. The third kappa shape index (κ3) is 5.78. The van der Waals surface area contributed by atoms with Crippen molar-refractivity contribution in [3.63, 3.8) is 0 Å². The van der Waals surface area contributed by atoms with Crippen molar-refractivity contribution in [3.8, 4) is 0 Å². The zero-order valence-electron chi connectivity index (χ0n) is 16.4. The molecule has 0 bridgehead atoms. The van der Waals surface area contributed by atoms with Crippen molar-refractivity contribution in [3.05, 3.63) is 70.5 Å². The van der Waals surface area contributed by atoms with Gasteiger partial charge in [-0.3, -0.25) is 9.69 Å². The normalized spacial score (nSPS) is 17.2. The van der Waals surface area contributed by atoms with Gasteiger partial charge >= 0.3 is 0 Å². The summed E-state index contributed by atoms with van der Waals surface area (Å²) in [4.78, 5) is 13.9. The van der Waals surface area contributed by atoms with Gasteiger partial charge in [0.1, 0.15) is 5.82 Å². The van der Waals surface area contributed by atoms with E-state index in [0.717, 1.165) is 37.1 Å². The van der Waals surface area contributed by atoms with Crippen LogP contribution >= 0.6 is 0 Å². The number of carbonyl (C=O) groups is 1. The minimum Gasteiger partial charge on any atom is -0.352 e. The highest BCUT2D eigenvalue weighted by Crippen LogP contribution is 2.25. The highest BCUT2D eigenvalue weighted by molar-refractivity contribution is 5.75. The summed E-state index contributed by atoms with van der Waals surface area (Å²) in [6, 6.07) is 5.15. The maximum Gasteiger partial charge on any atom is 0.220 e. The zero-order chi connectivity index (χ0) is 21.7. The van der Waals surface area contributed by atoms with E-state index in [1.54, 1.807) is 0 Å². The molecule has 3 nitrogen and oxygen atoms in total. The third-order valence-electron chi connectivity index (χ3n) is 5.38. The van der Waals surface area contributed by atoms with Crippen molar-refractivity contribution in [1.82, 2.24) is 10.2 Å². The molecular formula is C22H23F5N2O. The summed E-state index contributed by atoms with van der Waals surface area (Å²) < 4.78 is 67.3. The molecule has 1 aliphatic rings. The Morgan fingerprint density at radius 3 is 2.50 bits per heavy atom. The Morgan fingerprint density at radius 1 is 1.00 bits per heavy atom. The second kappa shape index (κ2) is 10.0. The standard InChI is InChI=1S/C22H23F5N2O/c23-17-6-7-19(25)22(27)16(17)13-29-9-1-2-14(12-29)4-8-21(30)28-11-15-3-5-18(24)20(26)10-15/h3,5-7,10,14H,1-2,4,8-9,11-13H2,(H,28,30). The summed E-state index contributed by atoms with van der Waals surface area (Å²) >= 11 is 0. The maximum absolute atomic E-state index is 13.9. The molecule has 162 valence electrons. The van der Waals surface area contributed by atoms with Crippen LogP contribution < -0.4 is 5.32 Å². The first-order valence-corrected chi connectivity index (χ1v) is 9.89. The molecule has 0 spiro atoms. The van der Waals surface area contributed by atoms with Crippen LogP contribution in [0, 0.1) is 35.0 Å². The van der Waals surface area contributed by atoms with E-state index >= 15 is 0 Å². The number of nitrogens with one attached hydrogen (secondary N) is 1. The molecule has 30 heavy (non-hydrogen) atoms. The lowest BCUT2D eigenvalue weighted by atomic mass is 9.93. The van der Waals surface area contributed by atoms with Crippen LogP contribution in [0.2, 0.25) is 0 Å². The predicted molar refractivity (Wildman–Crippen MR) is 102 cm³/mol. The van der Waals surface area contributed by atoms with Gasteiger partial charge in [-0.15, -0.1) is 0 Å². The summed E-state index contributed by atoms with van der Waals surface area (Å²) in [5.41, 5.74) is 0.185. The highest BCUT2D eigenvalue weighted by Gasteiger charge is 2.23. The minimum absolute atomic E-state index is 0.0196. The Labute approximate surface area is 171 Å². The summed E-state index contributed by atoms with van der Waals surface area (Å²) in [6.07, 6.45) is 2.56. The van der Waals surface area contributed by atoms with E-state index in [1.807, 2.05) is 4.90 Å². The van der Waals surface area contributed by atoms with Gasteiger partial charge in [-0.1, -0.05) is 6.07 Å². The first-order chi connectivity index (χ1) is 14.3. The number of hydrogen-bond donors (Lipinski definition) is 1. The number of amides is 1. The van der Waals surface area contributed by atoms with Crippen molar-refractivity contribution in [2.45, 2.75) is 38.8 Å². The van der Waals surface area contributed by atoms with Crippen LogP contribution in [0.3, 0.4) is 0 Å². The molecule has 3 rings (SSSR count). The number of halogens is 5. The number of hydrogen-bond acceptors (Lipinski definition) is 2. The second-order valence-electron chi connectivity index (χ2n) is 7.63. The highest BCUT2D eigenvalue weighted by atomic mass is 19.2. The summed E-state index contributed by atoms with van der Waals surface area (Å²) in [5, 5.41) is 2.67. The van der Waals surface area contributed by atoms with Crippen LogP contribution in [0.15, 0.2) is 30.3 Å². The maximum atomic E-state index is 13.9. The van der Waals surface area contributed by atoms with E-state index in [4.69, 9.17) is 0 Å². The number of carbonyl (C=O) groups excluding carboxylic acids is 1. The molecule has 0 aliphatic carbocycles. The van der Waals surface area contributed by atoms with Gasteiger partial charge in [-0.05, 0) is 61.6 Å². The van der Waals surface area contributed by atoms with Crippen LogP contribution in [-0.2, 0) is 17.9 Å². The third-order valence-corrected chi connectivity index (χ3v) is 5.38. The van der Waals surface area contributed by atoms with Crippen molar-refractivity contribution in [1.29, 1.82) is 0 Å². The van der Waals surface area contributed by atoms with Gasteiger partial charge in [0.05, 0.1) is 0 Å². The molecule has 1 amide bonds. The van der Waals surface area contributed by atoms with Gasteiger partial charge in [0, 0.05) is 31.6 Å². The quantitative estimate of drug-likeness (QED) is 0.515. The molecular weight excluding hydrogens is 403 g/mol. The average Bonchev–Trinajstić information content (AvgIpc) is 2.73. The Balaban J connectivity index is 1.46. The lowest BCUT2D eigenvalue weighted by Crippen LogP contribution is -2.36. The molecule has 1 heterocycles. The summed E-state index contributed by atoms with van der Waals surface area (Å²) in [6.45, 7) is 1.29. The molecule has 2 aromatic carbocycles. The average molecular weight is 426 g/mol. The lowest BCUT2D eigenvalue weighted by Gasteiger charge is -2.32. The van der Waals surface area contributed by atoms with Gasteiger partial charge in [-0.2, -0.15) is 0 Å². The fourth-order valence-electron chi connectivity index (χ4n) is 3.74. The van der Waals surface area contributed by atoms with Gasteiger partial charge in [0.15, 0.2) is 23.3 Å². The predicted octanol–water partition coefficient (Wildman–Crippen LogP) is 4.69. The Bertz CT molecular complexity index is 905. The van der Waals surface area contributed by atoms with Crippen LogP contribution in [0.4, 0.5) is 22.0 Å². The van der Waals surface area contributed by atoms with Crippen molar-refractivity contribution < 1.29 is 26.7 Å². The zero-order valence-corrected chi connectivity index (χ0v) is 16.4. The number of likely N-dealkylation sites (tertiary alicyclic amines) is 1. The number of piperidine rings is 1. The molecule has 2 aromatic rings. The smallest absolute Gasteiger partial charge is 0.220 e. The van der Waals surface area contributed by atoms with Crippen LogP contribution in [0.1, 0.15) is 36.8 Å². The molecule has 1 fully saturated rings. The van der Waals surface area contributed by atoms with E-state index in [1.165, 1.54) is 6.07 Å². The Morgan fingerprint density at radius 2 is 1.73 bits per heavy atom. The molecule has 0 radical (unpaired) electrons. The van der Waals surface area contributed by atoms with E-state index in [0.29, 0.717) is 25.1 Å². The molecule has 1 N–H and O–H groups in total. The fourth-order valence-corrected chi connectivity index (χ4v) is 3.74. The SMILES string of the molecule is O=C(CCC1CCCN(Cc2c(F)ccc(F)c2F)C1)NCc1ccc(F)c(F)c1. The molecule has 0 saturated carbocycles. The summed E-state index contributed by atoms with van der Waals surface area (Å²) in [5.74, 6) is -4.94. The van der Waals surface area contributed by atoms with Crippen molar-refractivity contribution in [2.75, 3.05) is 13.1 Å². The van der Waals surface area contributed by atoms with Gasteiger partial charge < -0.3 is 5.32 Å². The van der Waals surface area contributed by atoms with Crippen molar-refractivity contribution >= 4 is 5.91 Å². The van der Waals surface area contributed by atoms with Gasteiger partial charge in [0.2, 0.25) is 5.91 Å². The first-order valence-electron chi connectivity index (χ1n) is 9.89. The van der Waals surface area contributed by atoms with Crippen LogP contribution in [0.5, 0.6) is 0 Å². The number of nitrogens with zero attached hydrogens (tertiary/aromatic N) is 1. The second-order valence-corrected chi connectivity index (χ2v) is 7.63. The Kier molecular flexibility index (Phi) is 7.42. The van der Waals surface area contributed by atoms with E-state index in [2.05, 4.69) is 5.32 Å². The van der Waals surface area contributed by atoms with Crippen LogP contribution in [0.25, 0.3) is 0 Å². The Hall–Kier alpha value is -2.48. The number of benzene rings is 2. The minimum atomic E-state index is -1.16. The lowest BCUT2D eigenvalue weighted by molar-refractivity contribution is -0.121. The van der Waals surface area contributed by atoms with Gasteiger partial charge in [0.25, 0.3) is 0 Å². The van der Waals surface area contributed by atoms with Crippen LogP contribution in [-0.4, -0.2) is 23.9 Å². The van der Waals surface area contributed by atoms with Gasteiger partial charge in [-0.25, -0.2) is 22.0 Å². The summed E-state index contributed by atoms with van der Waals surface area (Å²) in [7, 11) is 0. The molecule has 8 heteroatoms. The molecule has 1 aliphatic heterocycles. The fraction of sp³-hybridized carbons (Fsp3) is 0.409. The first kappa shape index (κ1) is 22.2.